The molecule has 0 aromatic heterocycles. The van der Waals surface area contributed by atoms with Gasteiger partial charge in [-0.15, -0.1) is 0 Å². The normalized spacial score (nSPS) is 12.0. The molecule has 0 unspecified atom stereocenters. The zero-order valence-corrected chi connectivity index (χ0v) is 18.5. The molecule has 0 aliphatic rings. The van der Waals surface area contributed by atoms with Crippen molar-refractivity contribution in [1.82, 2.24) is 0 Å². The zero-order chi connectivity index (χ0) is 19.3. The van der Waals surface area contributed by atoms with E-state index in [4.69, 9.17) is 14.2 Å². The summed E-state index contributed by atoms with van der Waals surface area (Å²) in [5.41, 5.74) is 0. The van der Waals surface area contributed by atoms with E-state index in [2.05, 4.69) is 27.7 Å². The molecule has 3 heteroatoms. The number of ether oxygens (including phenoxy) is 3. The van der Waals surface area contributed by atoms with E-state index < -0.39 is 5.97 Å². The van der Waals surface area contributed by atoms with Crippen LogP contribution in [-0.2, 0) is 14.2 Å². The molecule has 0 rings (SSSR count). The lowest BCUT2D eigenvalue weighted by Gasteiger charge is -2.33. The second kappa shape index (κ2) is 19.6. The molecule has 0 heterocycles. The predicted octanol–water partition coefficient (Wildman–Crippen LogP) is 7.62. The molecule has 0 spiro atoms. The van der Waals surface area contributed by atoms with E-state index in [0.717, 1.165) is 58.3 Å². The fourth-order valence-electron chi connectivity index (χ4n) is 3.00. The Bertz CT molecular complexity index is 232. The minimum absolute atomic E-state index is 0.744. The average molecular weight is 373 g/mol. The SMILES string of the molecule is CCCCCCOC(CCCC)(OCCCCCC)OCCCCCC. The minimum atomic E-state index is -0.805. The lowest BCUT2D eigenvalue weighted by Crippen LogP contribution is -2.40. The van der Waals surface area contributed by atoms with Gasteiger partial charge in [-0.2, -0.15) is 0 Å². The highest BCUT2D eigenvalue weighted by Crippen LogP contribution is 2.25. The third-order valence-corrected chi connectivity index (χ3v) is 4.80. The summed E-state index contributed by atoms with van der Waals surface area (Å²) >= 11 is 0. The highest BCUT2D eigenvalue weighted by molar-refractivity contribution is 4.60. The van der Waals surface area contributed by atoms with Crippen LogP contribution in [-0.4, -0.2) is 25.8 Å². The third-order valence-electron chi connectivity index (χ3n) is 4.80. The fraction of sp³-hybridized carbons (Fsp3) is 1.00. The molecule has 26 heavy (non-hydrogen) atoms. The van der Waals surface area contributed by atoms with Crippen molar-refractivity contribution < 1.29 is 14.2 Å². The number of hydrogen-bond acceptors (Lipinski definition) is 3. The molecule has 0 radical (unpaired) electrons. The van der Waals surface area contributed by atoms with Crippen LogP contribution in [0.2, 0.25) is 0 Å². The van der Waals surface area contributed by atoms with Crippen LogP contribution >= 0.6 is 0 Å². The maximum Gasteiger partial charge on any atom is 0.282 e. The summed E-state index contributed by atoms with van der Waals surface area (Å²) in [6.07, 6.45) is 17.6. The van der Waals surface area contributed by atoms with Gasteiger partial charge in [0.2, 0.25) is 0 Å². The summed E-state index contributed by atoms with van der Waals surface area (Å²) in [7, 11) is 0. The Kier molecular flexibility index (Phi) is 19.5. The Morgan fingerprint density at radius 2 is 0.769 bits per heavy atom. The van der Waals surface area contributed by atoms with Gasteiger partial charge >= 0.3 is 0 Å². The summed E-state index contributed by atoms with van der Waals surface area (Å²) in [5, 5.41) is 0. The van der Waals surface area contributed by atoms with Gasteiger partial charge < -0.3 is 14.2 Å². The summed E-state index contributed by atoms with van der Waals surface area (Å²) in [6, 6.07) is 0. The molecule has 158 valence electrons. The van der Waals surface area contributed by atoms with E-state index in [0.29, 0.717) is 0 Å². The van der Waals surface area contributed by atoms with Crippen LogP contribution in [0.4, 0.5) is 0 Å². The Morgan fingerprint density at radius 3 is 1.08 bits per heavy atom. The Hall–Kier alpha value is -0.120. The van der Waals surface area contributed by atoms with Gasteiger partial charge in [0.05, 0.1) is 19.8 Å². The zero-order valence-electron chi connectivity index (χ0n) is 18.5. The number of hydrogen-bond donors (Lipinski definition) is 0. The van der Waals surface area contributed by atoms with Crippen LogP contribution in [0, 0.1) is 0 Å². The first kappa shape index (κ1) is 25.9. The van der Waals surface area contributed by atoms with E-state index in [1.54, 1.807) is 0 Å². The van der Waals surface area contributed by atoms with E-state index in [-0.39, 0.29) is 0 Å². The van der Waals surface area contributed by atoms with Crippen LogP contribution in [0.5, 0.6) is 0 Å². The van der Waals surface area contributed by atoms with Crippen LogP contribution in [0.25, 0.3) is 0 Å². The van der Waals surface area contributed by atoms with Crippen molar-refractivity contribution >= 4 is 0 Å². The third kappa shape index (κ3) is 15.0. The van der Waals surface area contributed by atoms with Crippen molar-refractivity contribution in [3.05, 3.63) is 0 Å². The summed E-state index contributed by atoms with van der Waals surface area (Å²) in [5.74, 6) is -0.805. The maximum atomic E-state index is 6.25. The lowest BCUT2D eigenvalue weighted by molar-refractivity contribution is -0.384. The van der Waals surface area contributed by atoms with Crippen molar-refractivity contribution in [2.75, 3.05) is 19.8 Å². The first-order chi connectivity index (χ1) is 12.7. The molecular weight excluding hydrogens is 324 g/mol. The smallest absolute Gasteiger partial charge is 0.282 e. The molecular formula is C23H48O3. The molecule has 0 N–H and O–H groups in total. The van der Waals surface area contributed by atoms with Crippen molar-refractivity contribution in [3.63, 3.8) is 0 Å². The first-order valence-electron chi connectivity index (χ1n) is 11.7. The minimum Gasteiger partial charge on any atom is -0.327 e. The van der Waals surface area contributed by atoms with E-state index >= 15 is 0 Å². The molecule has 0 aliphatic carbocycles. The van der Waals surface area contributed by atoms with Crippen molar-refractivity contribution in [2.24, 2.45) is 0 Å². The van der Waals surface area contributed by atoms with Crippen molar-refractivity contribution in [2.45, 2.75) is 130 Å². The second-order valence-corrected chi connectivity index (χ2v) is 7.51. The molecule has 0 aromatic rings. The number of unbranched alkanes of at least 4 members (excludes halogenated alkanes) is 10. The Morgan fingerprint density at radius 1 is 0.423 bits per heavy atom. The number of rotatable bonds is 21. The molecule has 3 nitrogen and oxygen atoms in total. The maximum absolute atomic E-state index is 6.25. The largest absolute Gasteiger partial charge is 0.327 e. The molecule has 0 fully saturated rings. The Labute approximate surface area is 164 Å². The lowest BCUT2D eigenvalue weighted by atomic mass is 10.2. The summed E-state index contributed by atoms with van der Waals surface area (Å²) in [6.45, 7) is 11.2. The Balaban J connectivity index is 4.52. The van der Waals surface area contributed by atoms with Crippen LogP contribution < -0.4 is 0 Å². The van der Waals surface area contributed by atoms with Gasteiger partial charge in [-0.1, -0.05) is 91.9 Å². The second-order valence-electron chi connectivity index (χ2n) is 7.51. The van der Waals surface area contributed by atoms with Gasteiger partial charge in [-0.05, 0) is 25.7 Å². The molecule has 0 saturated carbocycles. The van der Waals surface area contributed by atoms with Gasteiger partial charge in [-0.3, -0.25) is 0 Å². The van der Waals surface area contributed by atoms with E-state index in [9.17, 15) is 0 Å². The highest BCUT2D eigenvalue weighted by Gasteiger charge is 2.32. The molecule has 0 aliphatic heterocycles. The molecule has 0 atom stereocenters. The van der Waals surface area contributed by atoms with Gasteiger partial charge in [0.1, 0.15) is 0 Å². The van der Waals surface area contributed by atoms with Gasteiger partial charge in [-0.25, -0.2) is 0 Å². The average Bonchev–Trinajstić information content (AvgIpc) is 2.65. The van der Waals surface area contributed by atoms with Crippen molar-refractivity contribution in [1.29, 1.82) is 0 Å². The predicted molar refractivity (Wildman–Crippen MR) is 113 cm³/mol. The van der Waals surface area contributed by atoms with E-state index in [1.807, 2.05) is 0 Å². The topological polar surface area (TPSA) is 27.7 Å². The van der Waals surface area contributed by atoms with Crippen LogP contribution in [0.15, 0.2) is 0 Å². The highest BCUT2D eigenvalue weighted by atomic mass is 16.9. The quantitative estimate of drug-likeness (QED) is 0.153. The van der Waals surface area contributed by atoms with Gasteiger partial charge in [0.25, 0.3) is 5.97 Å². The van der Waals surface area contributed by atoms with E-state index in [1.165, 1.54) is 57.8 Å². The monoisotopic (exact) mass is 372 g/mol. The molecule has 0 aromatic carbocycles. The summed E-state index contributed by atoms with van der Waals surface area (Å²) in [4.78, 5) is 0. The van der Waals surface area contributed by atoms with Crippen molar-refractivity contribution in [3.8, 4) is 0 Å². The van der Waals surface area contributed by atoms with Gasteiger partial charge in [0, 0.05) is 6.42 Å². The van der Waals surface area contributed by atoms with Crippen LogP contribution in [0.1, 0.15) is 124 Å². The molecule has 0 bridgehead atoms. The molecule has 0 amide bonds. The van der Waals surface area contributed by atoms with Gasteiger partial charge in [0.15, 0.2) is 0 Å². The fourth-order valence-corrected chi connectivity index (χ4v) is 3.00. The molecule has 0 saturated heterocycles. The standard InChI is InChI=1S/C23H48O3/c1-5-9-13-16-20-24-23(19-12-8-4,25-21-17-14-10-6-2)26-22-18-15-11-7-3/h5-22H2,1-4H3. The van der Waals surface area contributed by atoms with Crippen LogP contribution in [0.3, 0.4) is 0 Å². The first-order valence-corrected chi connectivity index (χ1v) is 11.7. The summed E-state index contributed by atoms with van der Waals surface area (Å²) < 4.78 is 18.7.